The summed E-state index contributed by atoms with van der Waals surface area (Å²) in [5.74, 6) is 3.67. The monoisotopic (exact) mass is 815 g/mol. The molecule has 4 heterocycles. The van der Waals surface area contributed by atoms with Crippen molar-refractivity contribution >= 4 is 64.5 Å². The second kappa shape index (κ2) is 16.9. The number of nitrogen functional groups attached to an aromatic ring is 1. The number of aromatic nitrogens is 4. The minimum absolute atomic E-state index is 0.0524. The van der Waals surface area contributed by atoms with Crippen LogP contribution in [0.25, 0.3) is 0 Å². The first kappa shape index (κ1) is 39.5. The van der Waals surface area contributed by atoms with Crippen LogP contribution in [0.3, 0.4) is 0 Å². The molecule has 2 saturated carbocycles. The first-order valence-electron chi connectivity index (χ1n) is 19.6. The quantitative estimate of drug-likeness (QED) is 0.0796. The van der Waals surface area contributed by atoms with E-state index in [4.69, 9.17) is 48.2 Å². The number of rotatable bonds is 10. The molecule has 2 aliphatic heterocycles. The van der Waals surface area contributed by atoms with E-state index in [-0.39, 0.29) is 58.8 Å². The summed E-state index contributed by atoms with van der Waals surface area (Å²) in [4.78, 5) is 50.5. The standard InChI is InChI=1S/C22H23N5O2.C14H14ClN5O.C7H9NO/c1-29-15-4-2-3-12(9-15)10-17-25-16-7-8-24-20(16)22(26-17)27-19-14-6-5-13(11-14)18(19)21(23)28;15-14-18-8-3-4-17-11(8)13(20-14)19-10-7-2-1-6(5-7)9(10)12(16)21;1-9-7-4-2-3-6(8)5-7/h2-6,8-9,13-14,18-19H,7,10-11H2,1H3,(H2,23,28)(H,25,26,27);1-2,4,6-7,9-10H,3,5H2,(H2,16,21)(H,18,19,20);2-5H,8H2,1H3. The molecular weight excluding hydrogens is 770 g/mol. The molecule has 0 radical (unpaired) electrons. The Morgan fingerprint density at radius 1 is 0.712 bits per heavy atom. The number of ether oxygens (including phenoxy) is 2. The fourth-order valence-corrected chi connectivity index (χ4v) is 9.23. The molecule has 2 amide bonds. The number of carbonyl (C=O) groups is 2. The van der Waals surface area contributed by atoms with Crippen molar-refractivity contribution in [1.29, 1.82) is 0 Å². The zero-order chi connectivity index (χ0) is 41.2. The zero-order valence-corrected chi connectivity index (χ0v) is 33.4. The lowest BCUT2D eigenvalue weighted by Gasteiger charge is -2.27. The van der Waals surface area contributed by atoms with E-state index in [1.165, 1.54) is 0 Å². The minimum atomic E-state index is -0.273. The van der Waals surface area contributed by atoms with Gasteiger partial charge < -0.3 is 37.3 Å². The van der Waals surface area contributed by atoms with Crippen LogP contribution in [0.15, 0.2) is 82.8 Å². The Kier molecular flexibility index (Phi) is 11.3. The third-order valence-corrected chi connectivity index (χ3v) is 11.9. The fraction of sp³-hybridized carbons (Fsp3) is 0.349. The zero-order valence-electron chi connectivity index (χ0n) is 32.7. The van der Waals surface area contributed by atoms with Crippen LogP contribution in [0.2, 0.25) is 5.28 Å². The van der Waals surface area contributed by atoms with Crippen molar-refractivity contribution in [2.75, 3.05) is 30.6 Å². The molecule has 6 aliphatic rings. The number of fused-ring (bicyclic) bond motifs is 6. The number of nitrogens with zero attached hydrogens (tertiary/aromatic N) is 6. The van der Waals surface area contributed by atoms with Crippen LogP contribution in [0.1, 0.15) is 35.6 Å². The minimum Gasteiger partial charge on any atom is -0.497 e. The van der Waals surface area contributed by atoms with Gasteiger partial charge in [-0.15, -0.1) is 0 Å². The number of hydrogen-bond acceptors (Lipinski definition) is 13. The number of amides is 2. The van der Waals surface area contributed by atoms with Gasteiger partial charge in [0, 0.05) is 55.5 Å². The highest BCUT2D eigenvalue weighted by molar-refractivity contribution is 6.28. The summed E-state index contributed by atoms with van der Waals surface area (Å²) in [6.45, 7) is 0. The molecule has 2 aromatic heterocycles. The topological polar surface area (TPSA) is 231 Å². The molecule has 59 heavy (non-hydrogen) atoms. The molecule has 8 unspecified atom stereocenters. The average Bonchev–Trinajstić information content (AvgIpc) is 4.09. The molecule has 16 heteroatoms. The van der Waals surface area contributed by atoms with Crippen LogP contribution in [0, 0.1) is 35.5 Å². The highest BCUT2D eigenvalue weighted by Crippen LogP contribution is 2.47. The van der Waals surface area contributed by atoms with Crippen LogP contribution < -0.4 is 37.3 Å². The predicted octanol–water partition coefficient (Wildman–Crippen LogP) is 5.18. The predicted molar refractivity (Wildman–Crippen MR) is 228 cm³/mol. The summed E-state index contributed by atoms with van der Waals surface area (Å²) >= 11 is 5.97. The summed E-state index contributed by atoms with van der Waals surface area (Å²) in [7, 11) is 3.28. The van der Waals surface area contributed by atoms with E-state index in [0.29, 0.717) is 36.8 Å². The molecule has 0 spiro atoms. The number of nitrogens with two attached hydrogens (primary N) is 3. The van der Waals surface area contributed by atoms with Gasteiger partial charge in [-0.05, 0) is 77.9 Å². The van der Waals surface area contributed by atoms with Crippen molar-refractivity contribution in [1.82, 2.24) is 19.9 Å². The third kappa shape index (κ3) is 8.33. The van der Waals surface area contributed by atoms with Crippen molar-refractivity contribution in [3.63, 3.8) is 0 Å². The van der Waals surface area contributed by atoms with Crippen molar-refractivity contribution in [3.05, 3.63) is 101 Å². The number of aliphatic imine (C=N–C) groups is 2. The number of halogens is 1. The molecule has 304 valence electrons. The van der Waals surface area contributed by atoms with E-state index in [1.54, 1.807) is 26.5 Å². The number of methoxy groups -OCH3 is 2. The normalized spacial score (nSPS) is 25.4. The molecule has 4 aliphatic carbocycles. The summed E-state index contributed by atoms with van der Waals surface area (Å²) < 4.78 is 10.2. The van der Waals surface area contributed by atoms with Gasteiger partial charge in [0.25, 0.3) is 0 Å². The van der Waals surface area contributed by atoms with Gasteiger partial charge in [-0.2, -0.15) is 4.98 Å². The van der Waals surface area contributed by atoms with Crippen molar-refractivity contribution < 1.29 is 19.1 Å². The molecule has 2 fully saturated rings. The van der Waals surface area contributed by atoms with E-state index in [2.05, 4.69) is 54.9 Å². The number of primary amides is 2. The maximum atomic E-state index is 12.1. The highest BCUT2D eigenvalue weighted by atomic mass is 35.5. The fourth-order valence-electron chi connectivity index (χ4n) is 9.04. The highest BCUT2D eigenvalue weighted by Gasteiger charge is 2.49. The molecule has 10 rings (SSSR count). The number of benzene rings is 2. The molecule has 15 nitrogen and oxygen atoms in total. The molecule has 2 aromatic carbocycles. The van der Waals surface area contributed by atoms with Crippen LogP contribution in [0.4, 0.5) is 28.7 Å². The second-order valence-corrected chi connectivity index (χ2v) is 15.7. The lowest BCUT2D eigenvalue weighted by Crippen LogP contribution is -2.41. The van der Waals surface area contributed by atoms with E-state index in [0.717, 1.165) is 64.2 Å². The molecule has 8 atom stereocenters. The Bertz CT molecular complexity index is 2390. The van der Waals surface area contributed by atoms with Crippen LogP contribution in [-0.2, 0) is 28.9 Å². The molecule has 4 aromatic rings. The van der Waals surface area contributed by atoms with Gasteiger partial charge in [0.2, 0.25) is 17.1 Å². The Hall–Kier alpha value is -6.35. The Morgan fingerprint density at radius 2 is 1.24 bits per heavy atom. The lowest BCUT2D eigenvalue weighted by atomic mass is 9.88. The van der Waals surface area contributed by atoms with Gasteiger partial charge in [0.05, 0.1) is 37.4 Å². The van der Waals surface area contributed by atoms with E-state index in [1.807, 2.05) is 48.7 Å². The number of anilines is 3. The van der Waals surface area contributed by atoms with Gasteiger partial charge in [-0.25, -0.2) is 15.0 Å². The van der Waals surface area contributed by atoms with Crippen molar-refractivity contribution in [3.8, 4) is 11.5 Å². The summed E-state index contributed by atoms with van der Waals surface area (Å²) in [6.07, 6.45) is 16.0. The number of carbonyl (C=O) groups excluding carboxylic acids is 2. The van der Waals surface area contributed by atoms with Gasteiger partial charge in [-0.3, -0.25) is 19.6 Å². The van der Waals surface area contributed by atoms with Crippen LogP contribution in [-0.4, -0.2) is 70.5 Å². The number of allylic oxidation sites excluding steroid dienone is 2. The molecule has 0 saturated heterocycles. The average molecular weight is 816 g/mol. The second-order valence-electron chi connectivity index (χ2n) is 15.3. The summed E-state index contributed by atoms with van der Waals surface area (Å²) in [5, 5.41) is 7.05. The molecule has 4 bridgehead atoms. The SMILES string of the molecule is COc1cccc(Cc2nc3c(c(NC4C5C=CC(C5)C4C(N)=O)n2)N=CC3)c1.COc1cccc(N)c1.NC(=O)C1C2C=CC(C2)C1Nc1nc(Cl)nc2c1N=CC2. The number of hydrogen-bond donors (Lipinski definition) is 5. The van der Waals surface area contributed by atoms with Crippen molar-refractivity contribution in [2.45, 2.75) is 44.2 Å². The first-order valence-corrected chi connectivity index (χ1v) is 20.0. The van der Waals surface area contributed by atoms with Crippen LogP contribution >= 0.6 is 11.6 Å². The smallest absolute Gasteiger partial charge is 0.224 e. The van der Waals surface area contributed by atoms with Gasteiger partial charge >= 0.3 is 0 Å². The van der Waals surface area contributed by atoms with Crippen molar-refractivity contribution in [2.24, 2.45) is 57.0 Å². The van der Waals surface area contributed by atoms with Gasteiger partial charge in [0.1, 0.15) is 28.7 Å². The van der Waals surface area contributed by atoms with E-state index >= 15 is 0 Å². The van der Waals surface area contributed by atoms with Gasteiger partial charge in [-0.1, -0.05) is 42.5 Å². The van der Waals surface area contributed by atoms with E-state index in [9.17, 15) is 9.59 Å². The number of nitrogens with one attached hydrogen (secondary N) is 2. The Labute approximate surface area is 346 Å². The Morgan fingerprint density at radius 3 is 1.78 bits per heavy atom. The molecule has 8 N–H and O–H groups in total. The molecular formula is C43H46ClN11O4. The Balaban J connectivity index is 0.000000140. The maximum absolute atomic E-state index is 12.1. The maximum Gasteiger partial charge on any atom is 0.224 e. The van der Waals surface area contributed by atoms with Crippen LogP contribution in [0.5, 0.6) is 11.5 Å². The largest absolute Gasteiger partial charge is 0.497 e. The first-order chi connectivity index (χ1) is 28.6. The third-order valence-electron chi connectivity index (χ3n) is 11.7. The van der Waals surface area contributed by atoms with Gasteiger partial charge in [0.15, 0.2) is 11.6 Å². The van der Waals surface area contributed by atoms with E-state index < -0.39 is 0 Å². The lowest BCUT2D eigenvalue weighted by molar-refractivity contribution is -0.123. The summed E-state index contributed by atoms with van der Waals surface area (Å²) in [5.41, 5.74) is 21.8. The summed E-state index contributed by atoms with van der Waals surface area (Å²) in [6, 6.07) is 15.1.